The summed E-state index contributed by atoms with van der Waals surface area (Å²) in [6.45, 7) is 4.02. The van der Waals surface area contributed by atoms with E-state index in [0.29, 0.717) is 48.0 Å². The summed E-state index contributed by atoms with van der Waals surface area (Å²) in [6.07, 6.45) is 0. The minimum Gasteiger partial charge on any atom is -0.345 e. The average molecular weight is 351 g/mol. The molecule has 23 heavy (non-hydrogen) atoms. The first-order valence-electron chi connectivity index (χ1n) is 7.29. The molecule has 0 radical (unpaired) electrons. The van der Waals surface area contributed by atoms with Gasteiger partial charge >= 0.3 is 0 Å². The number of nitrogens with zero attached hydrogens (tertiary/aromatic N) is 4. The number of benzene rings is 1. The molecule has 0 aliphatic carbocycles. The van der Waals surface area contributed by atoms with Crippen molar-refractivity contribution >= 4 is 34.9 Å². The van der Waals surface area contributed by atoms with E-state index in [4.69, 9.17) is 23.2 Å². The van der Waals surface area contributed by atoms with Gasteiger partial charge < -0.3 is 9.80 Å². The predicted molar refractivity (Wildman–Crippen MR) is 90.9 cm³/mol. The molecule has 5 nitrogen and oxygen atoms in total. The second kappa shape index (κ2) is 6.72. The summed E-state index contributed by atoms with van der Waals surface area (Å²) >= 11 is 11.9. The molecule has 0 spiro atoms. The van der Waals surface area contributed by atoms with Gasteiger partial charge in [-0.2, -0.15) is 0 Å². The molecule has 3 rings (SSSR count). The Labute approximate surface area is 144 Å². The number of hydrogen-bond donors (Lipinski definition) is 0. The molecule has 1 fully saturated rings. The molecule has 1 aromatic carbocycles. The van der Waals surface area contributed by atoms with Gasteiger partial charge in [-0.3, -0.25) is 4.79 Å². The van der Waals surface area contributed by atoms with Gasteiger partial charge in [0.2, 0.25) is 5.91 Å². The Morgan fingerprint density at radius 1 is 1.13 bits per heavy atom. The molecule has 7 heteroatoms. The van der Waals surface area contributed by atoms with Crippen LogP contribution in [0.15, 0.2) is 30.3 Å². The first kappa shape index (κ1) is 16.0. The number of hydrogen-bond acceptors (Lipinski definition) is 4. The van der Waals surface area contributed by atoms with E-state index in [9.17, 15) is 4.79 Å². The van der Waals surface area contributed by atoms with E-state index in [1.54, 1.807) is 13.0 Å². The van der Waals surface area contributed by atoms with Crippen molar-refractivity contribution in [3.8, 4) is 0 Å². The Morgan fingerprint density at radius 3 is 2.52 bits per heavy atom. The fraction of sp³-hybridized carbons (Fsp3) is 0.312. The molecule has 0 atom stereocenters. The minimum atomic E-state index is 0.0681. The van der Waals surface area contributed by atoms with Crippen LogP contribution < -0.4 is 4.90 Å². The number of carbonyl (C=O) groups is 1. The lowest BCUT2D eigenvalue weighted by molar-refractivity contribution is -0.131. The zero-order valence-corrected chi connectivity index (χ0v) is 14.2. The molecule has 1 amide bonds. The smallest absolute Gasteiger partial charge is 0.242 e. The van der Waals surface area contributed by atoms with Crippen molar-refractivity contribution in [1.82, 2.24) is 14.9 Å². The maximum absolute atomic E-state index is 12.4. The van der Waals surface area contributed by atoms with E-state index in [-0.39, 0.29) is 5.91 Å². The highest BCUT2D eigenvalue weighted by Crippen LogP contribution is 2.19. The van der Waals surface area contributed by atoms with Gasteiger partial charge in [-0.25, -0.2) is 9.97 Å². The van der Waals surface area contributed by atoms with Crippen LogP contribution in [0.3, 0.4) is 0 Å². The van der Waals surface area contributed by atoms with Crippen molar-refractivity contribution in [2.24, 2.45) is 0 Å². The van der Waals surface area contributed by atoms with Crippen molar-refractivity contribution in [1.29, 1.82) is 0 Å². The second-order valence-corrected chi connectivity index (χ2v) is 6.28. The molecule has 0 N–H and O–H groups in total. The van der Waals surface area contributed by atoms with Crippen LogP contribution in [-0.2, 0) is 11.3 Å². The van der Waals surface area contributed by atoms with Crippen LogP contribution in [0.4, 0.5) is 5.82 Å². The van der Waals surface area contributed by atoms with Crippen molar-refractivity contribution in [3.05, 3.63) is 51.9 Å². The second-order valence-electron chi connectivity index (χ2n) is 5.46. The third-order valence-electron chi connectivity index (χ3n) is 3.72. The van der Waals surface area contributed by atoms with Crippen LogP contribution in [0.1, 0.15) is 11.4 Å². The maximum atomic E-state index is 12.4. The summed E-state index contributed by atoms with van der Waals surface area (Å²) in [5, 5.41) is 1.09. The number of rotatable bonds is 3. The lowest BCUT2D eigenvalue weighted by Gasteiger charge is -2.35. The first-order chi connectivity index (χ1) is 11.0. The highest BCUT2D eigenvalue weighted by atomic mass is 35.5. The number of carbonyl (C=O) groups excluding carboxylic acids is 1. The molecule has 0 saturated carbocycles. The topological polar surface area (TPSA) is 49.3 Å². The Morgan fingerprint density at radius 2 is 1.87 bits per heavy atom. The summed E-state index contributed by atoms with van der Waals surface area (Å²) in [4.78, 5) is 24.6. The highest BCUT2D eigenvalue weighted by molar-refractivity contribution is 6.30. The number of amides is 1. The molecule has 120 valence electrons. The lowest BCUT2D eigenvalue weighted by atomic mass is 10.2. The van der Waals surface area contributed by atoms with Gasteiger partial charge in [0, 0.05) is 30.7 Å². The van der Waals surface area contributed by atoms with E-state index in [1.807, 2.05) is 34.1 Å². The van der Waals surface area contributed by atoms with Crippen molar-refractivity contribution in [2.75, 3.05) is 24.5 Å². The van der Waals surface area contributed by atoms with Gasteiger partial charge in [0.25, 0.3) is 0 Å². The van der Waals surface area contributed by atoms with E-state index in [0.717, 1.165) is 5.56 Å². The Bertz CT molecular complexity index is 700. The van der Waals surface area contributed by atoms with Gasteiger partial charge in [0.15, 0.2) is 0 Å². The zero-order valence-electron chi connectivity index (χ0n) is 12.7. The number of piperazine rings is 1. The van der Waals surface area contributed by atoms with Crippen LogP contribution in [0.25, 0.3) is 0 Å². The molecule has 0 bridgehead atoms. The minimum absolute atomic E-state index is 0.0681. The Balaban J connectivity index is 1.67. The molecule has 1 aliphatic heterocycles. The maximum Gasteiger partial charge on any atom is 0.242 e. The molecule has 1 aromatic heterocycles. The van der Waals surface area contributed by atoms with Crippen molar-refractivity contribution in [3.63, 3.8) is 0 Å². The highest BCUT2D eigenvalue weighted by Gasteiger charge is 2.25. The quantitative estimate of drug-likeness (QED) is 0.798. The van der Waals surface area contributed by atoms with Gasteiger partial charge in [0.1, 0.15) is 16.8 Å². The Hall–Kier alpha value is -1.85. The van der Waals surface area contributed by atoms with Gasteiger partial charge in [-0.1, -0.05) is 35.3 Å². The summed E-state index contributed by atoms with van der Waals surface area (Å²) < 4.78 is 0. The third-order valence-corrected chi connectivity index (χ3v) is 4.17. The predicted octanol–water partition coefficient (Wildman–Crippen LogP) is 2.94. The molecule has 1 aliphatic rings. The summed E-state index contributed by atoms with van der Waals surface area (Å²) in [5.74, 6) is 1.36. The van der Waals surface area contributed by atoms with Crippen molar-refractivity contribution < 1.29 is 4.79 Å². The molecule has 2 aromatic rings. The Kier molecular flexibility index (Phi) is 4.68. The van der Waals surface area contributed by atoms with Crippen molar-refractivity contribution in [2.45, 2.75) is 13.5 Å². The van der Waals surface area contributed by atoms with E-state index >= 15 is 0 Å². The fourth-order valence-corrected chi connectivity index (χ4v) is 2.91. The number of halogens is 2. The molecule has 2 heterocycles. The largest absolute Gasteiger partial charge is 0.345 e. The van der Waals surface area contributed by atoms with E-state index in [1.165, 1.54) is 0 Å². The average Bonchev–Trinajstić information content (AvgIpc) is 2.50. The van der Waals surface area contributed by atoms with Crippen LogP contribution in [0.5, 0.6) is 0 Å². The van der Waals surface area contributed by atoms with E-state index < -0.39 is 0 Å². The SMILES string of the molecule is Cc1nc(Cl)cc(N2CCN(Cc3ccc(Cl)cc3)C(=O)C2)n1. The molecule has 0 unspecified atom stereocenters. The van der Waals surface area contributed by atoms with Gasteiger partial charge in [-0.15, -0.1) is 0 Å². The molecular formula is C16H16Cl2N4O. The third kappa shape index (κ3) is 3.92. The number of anilines is 1. The fourth-order valence-electron chi connectivity index (χ4n) is 2.56. The normalized spacial score (nSPS) is 15.2. The van der Waals surface area contributed by atoms with E-state index in [2.05, 4.69) is 9.97 Å². The number of aryl methyl sites for hydroxylation is 1. The standard InChI is InChI=1S/C16H16Cl2N4O/c1-11-19-14(18)8-15(20-11)21-6-7-22(16(23)10-21)9-12-2-4-13(17)5-3-12/h2-5,8H,6-7,9-10H2,1H3. The van der Waals surface area contributed by atoms with Crippen LogP contribution in [0, 0.1) is 6.92 Å². The van der Waals surface area contributed by atoms with Gasteiger partial charge in [-0.05, 0) is 24.6 Å². The zero-order chi connectivity index (χ0) is 16.4. The summed E-state index contributed by atoms with van der Waals surface area (Å²) in [6, 6.07) is 9.24. The van der Waals surface area contributed by atoms with Crippen LogP contribution >= 0.6 is 23.2 Å². The summed E-state index contributed by atoms with van der Waals surface area (Å²) in [7, 11) is 0. The molecular weight excluding hydrogens is 335 g/mol. The van der Waals surface area contributed by atoms with Crippen LogP contribution in [0.2, 0.25) is 10.2 Å². The lowest BCUT2D eigenvalue weighted by Crippen LogP contribution is -2.50. The first-order valence-corrected chi connectivity index (χ1v) is 8.05. The van der Waals surface area contributed by atoms with Gasteiger partial charge in [0.05, 0.1) is 6.54 Å². The monoisotopic (exact) mass is 350 g/mol. The summed E-state index contributed by atoms with van der Waals surface area (Å²) in [5.41, 5.74) is 1.07. The number of aromatic nitrogens is 2. The van der Waals surface area contributed by atoms with Crippen LogP contribution in [-0.4, -0.2) is 40.4 Å². The molecule has 1 saturated heterocycles.